The van der Waals surface area contributed by atoms with Crippen LogP contribution in [0.3, 0.4) is 0 Å². The third-order valence-corrected chi connectivity index (χ3v) is 2.19. The van der Waals surface area contributed by atoms with Crippen molar-refractivity contribution in [2.75, 3.05) is 13.3 Å². The van der Waals surface area contributed by atoms with Crippen LogP contribution in [0.1, 0.15) is 16.8 Å². The molecule has 0 atom stereocenters. The van der Waals surface area contributed by atoms with Crippen LogP contribution in [-0.4, -0.2) is 19.2 Å². The van der Waals surface area contributed by atoms with E-state index in [2.05, 4.69) is 11.2 Å². The second kappa shape index (κ2) is 4.58. The van der Waals surface area contributed by atoms with Crippen molar-refractivity contribution in [3.63, 3.8) is 0 Å². The van der Waals surface area contributed by atoms with Crippen molar-refractivity contribution in [1.29, 1.82) is 0 Å². The normalized spacial score (nSPS) is 11.9. The lowest BCUT2D eigenvalue weighted by atomic mass is 10.2. The zero-order valence-corrected chi connectivity index (χ0v) is 8.66. The molecule has 1 aromatic carbocycles. The van der Waals surface area contributed by atoms with Crippen molar-refractivity contribution in [3.8, 4) is 23.8 Å². The first-order valence-corrected chi connectivity index (χ1v) is 4.92. The highest BCUT2D eigenvalue weighted by atomic mass is 16.7. The van der Waals surface area contributed by atoms with Gasteiger partial charge in [-0.1, -0.05) is 0 Å². The molecule has 0 aromatic heterocycles. The molecule has 4 nitrogen and oxygen atoms in total. The summed E-state index contributed by atoms with van der Waals surface area (Å²) in [6.45, 7) is 0.682. The first-order chi connectivity index (χ1) is 7.81. The summed E-state index contributed by atoms with van der Waals surface area (Å²) in [5.41, 5.74) is 0.543. The zero-order valence-electron chi connectivity index (χ0n) is 8.66. The van der Waals surface area contributed by atoms with Crippen molar-refractivity contribution >= 4 is 5.91 Å². The molecule has 16 heavy (non-hydrogen) atoms. The predicted octanol–water partition coefficient (Wildman–Crippen LogP) is 1.17. The summed E-state index contributed by atoms with van der Waals surface area (Å²) < 4.78 is 10.3. The Morgan fingerprint density at radius 2 is 2.25 bits per heavy atom. The molecule has 0 aliphatic carbocycles. The maximum Gasteiger partial charge on any atom is 0.251 e. The van der Waals surface area contributed by atoms with Gasteiger partial charge in [0.05, 0.1) is 0 Å². The third kappa shape index (κ3) is 2.09. The predicted molar refractivity (Wildman–Crippen MR) is 58.3 cm³/mol. The van der Waals surface area contributed by atoms with Gasteiger partial charge in [0.25, 0.3) is 5.91 Å². The molecule has 1 aliphatic rings. The second-order valence-corrected chi connectivity index (χ2v) is 3.28. The van der Waals surface area contributed by atoms with E-state index in [0.717, 1.165) is 0 Å². The van der Waals surface area contributed by atoms with E-state index in [1.165, 1.54) is 0 Å². The van der Waals surface area contributed by atoms with Gasteiger partial charge < -0.3 is 14.8 Å². The average Bonchev–Trinajstić information content (AvgIpc) is 2.76. The lowest BCUT2D eigenvalue weighted by Gasteiger charge is -2.03. The maximum atomic E-state index is 11.6. The summed E-state index contributed by atoms with van der Waals surface area (Å²) in [6.07, 6.45) is 5.61. The van der Waals surface area contributed by atoms with Crippen molar-refractivity contribution in [3.05, 3.63) is 23.8 Å². The molecule has 82 valence electrons. The smallest absolute Gasteiger partial charge is 0.251 e. The van der Waals surface area contributed by atoms with E-state index >= 15 is 0 Å². The first-order valence-electron chi connectivity index (χ1n) is 4.92. The fourth-order valence-corrected chi connectivity index (χ4v) is 1.39. The number of nitrogens with one attached hydrogen (secondary N) is 1. The summed E-state index contributed by atoms with van der Waals surface area (Å²) in [7, 11) is 0. The van der Waals surface area contributed by atoms with Crippen LogP contribution in [0.2, 0.25) is 0 Å². The molecule has 0 fully saturated rings. The lowest BCUT2D eigenvalue weighted by molar-refractivity contribution is 0.0954. The minimum absolute atomic E-state index is 0.159. The van der Waals surface area contributed by atoms with Crippen LogP contribution in [0.5, 0.6) is 11.5 Å². The van der Waals surface area contributed by atoms with Crippen LogP contribution in [0.4, 0.5) is 0 Å². The van der Waals surface area contributed by atoms with Gasteiger partial charge in [-0.2, -0.15) is 0 Å². The number of fused-ring (bicyclic) bond motifs is 1. The van der Waals surface area contributed by atoms with Gasteiger partial charge in [-0.05, 0) is 18.2 Å². The maximum absolute atomic E-state index is 11.6. The number of hydrogen-bond donors (Lipinski definition) is 1. The quantitative estimate of drug-likeness (QED) is 0.610. The molecular formula is C12H11NO3. The van der Waals surface area contributed by atoms with Crippen LogP contribution in [-0.2, 0) is 0 Å². The number of hydrogen-bond acceptors (Lipinski definition) is 3. The molecule has 1 N–H and O–H groups in total. The molecule has 0 unspecified atom stereocenters. The van der Waals surface area contributed by atoms with E-state index in [9.17, 15) is 4.79 Å². The number of rotatable bonds is 3. The highest BCUT2D eigenvalue weighted by Gasteiger charge is 2.15. The van der Waals surface area contributed by atoms with Gasteiger partial charge in [0.15, 0.2) is 11.5 Å². The van der Waals surface area contributed by atoms with Gasteiger partial charge in [0.2, 0.25) is 6.79 Å². The fourth-order valence-electron chi connectivity index (χ4n) is 1.39. The SMILES string of the molecule is C#CCCNC(=O)c1ccc2c(c1)OCO2. The molecule has 1 amide bonds. The van der Waals surface area contributed by atoms with Gasteiger partial charge in [-0.25, -0.2) is 0 Å². The monoisotopic (exact) mass is 217 g/mol. The average molecular weight is 217 g/mol. The Balaban J connectivity index is 2.04. The lowest BCUT2D eigenvalue weighted by Crippen LogP contribution is -2.24. The van der Waals surface area contributed by atoms with Gasteiger partial charge in [0, 0.05) is 18.5 Å². The number of ether oxygens (including phenoxy) is 2. The number of carbonyl (C=O) groups is 1. The van der Waals surface area contributed by atoms with Crippen molar-refractivity contribution < 1.29 is 14.3 Å². The Morgan fingerprint density at radius 3 is 3.06 bits per heavy atom. The molecule has 1 aliphatic heterocycles. The molecule has 1 aromatic rings. The van der Waals surface area contributed by atoms with E-state index in [1.54, 1.807) is 18.2 Å². The molecule has 0 saturated carbocycles. The molecule has 0 spiro atoms. The van der Waals surface area contributed by atoms with Crippen LogP contribution < -0.4 is 14.8 Å². The molecule has 0 radical (unpaired) electrons. The van der Waals surface area contributed by atoms with Crippen LogP contribution >= 0.6 is 0 Å². The van der Waals surface area contributed by atoms with E-state index in [-0.39, 0.29) is 12.7 Å². The minimum atomic E-state index is -0.159. The summed E-state index contributed by atoms with van der Waals surface area (Å²) in [5, 5.41) is 2.71. The zero-order chi connectivity index (χ0) is 11.4. The molecule has 2 rings (SSSR count). The number of amides is 1. The topological polar surface area (TPSA) is 47.6 Å². The number of carbonyl (C=O) groups excluding carboxylic acids is 1. The number of benzene rings is 1. The van der Waals surface area contributed by atoms with Gasteiger partial charge >= 0.3 is 0 Å². The van der Waals surface area contributed by atoms with Crippen LogP contribution in [0.15, 0.2) is 18.2 Å². The summed E-state index contributed by atoms with van der Waals surface area (Å²) >= 11 is 0. The Morgan fingerprint density at radius 1 is 1.44 bits per heavy atom. The Bertz CT molecular complexity index is 448. The number of terminal acetylenes is 1. The van der Waals surface area contributed by atoms with Gasteiger partial charge in [-0.15, -0.1) is 12.3 Å². The standard InChI is InChI=1S/C12H11NO3/c1-2-3-6-13-12(14)9-4-5-10-11(7-9)16-8-15-10/h1,4-5,7H,3,6,8H2,(H,13,14). The third-order valence-electron chi connectivity index (χ3n) is 2.19. The van der Waals surface area contributed by atoms with E-state index in [4.69, 9.17) is 15.9 Å². The summed E-state index contributed by atoms with van der Waals surface area (Å²) in [4.78, 5) is 11.6. The second-order valence-electron chi connectivity index (χ2n) is 3.28. The largest absolute Gasteiger partial charge is 0.454 e. The fraction of sp³-hybridized carbons (Fsp3) is 0.250. The highest BCUT2D eigenvalue weighted by Crippen LogP contribution is 2.32. The molecule has 4 heteroatoms. The molecular weight excluding hydrogens is 206 g/mol. The molecule has 1 heterocycles. The minimum Gasteiger partial charge on any atom is -0.454 e. The van der Waals surface area contributed by atoms with Crippen LogP contribution in [0.25, 0.3) is 0 Å². The van der Waals surface area contributed by atoms with Gasteiger partial charge in [0.1, 0.15) is 0 Å². The molecule has 0 saturated heterocycles. The van der Waals surface area contributed by atoms with Crippen molar-refractivity contribution in [1.82, 2.24) is 5.32 Å². The summed E-state index contributed by atoms with van der Waals surface area (Å²) in [5.74, 6) is 3.57. The van der Waals surface area contributed by atoms with E-state index < -0.39 is 0 Å². The Kier molecular flexibility index (Phi) is 2.97. The van der Waals surface area contributed by atoms with Crippen molar-refractivity contribution in [2.45, 2.75) is 6.42 Å². The first kappa shape index (κ1) is 10.4. The van der Waals surface area contributed by atoms with Crippen molar-refractivity contribution in [2.24, 2.45) is 0 Å². The van der Waals surface area contributed by atoms with E-state index in [0.29, 0.717) is 30.0 Å². The highest BCUT2D eigenvalue weighted by molar-refractivity contribution is 5.94. The van der Waals surface area contributed by atoms with Crippen LogP contribution in [0, 0.1) is 12.3 Å². The summed E-state index contributed by atoms with van der Waals surface area (Å²) in [6, 6.07) is 5.07. The Hall–Kier alpha value is -2.15. The molecule has 0 bridgehead atoms. The Labute approximate surface area is 93.6 Å². The van der Waals surface area contributed by atoms with Gasteiger partial charge in [-0.3, -0.25) is 4.79 Å². The van der Waals surface area contributed by atoms with E-state index in [1.807, 2.05) is 0 Å².